The number of nitrogens with zero attached hydrogens (tertiary/aromatic N) is 1. The predicted molar refractivity (Wildman–Crippen MR) is 111 cm³/mol. The van der Waals surface area contributed by atoms with Crippen molar-refractivity contribution in [3.8, 4) is 0 Å². The number of amides is 2. The molecule has 0 aliphatic rings. The minimum atomic E-state index is -0.378. The summed E-state index contributed by atoms with van der Waals surface area (Å²) < 4.78 is 5.65. The lowest BCUT2D eigenvalue weighted by Crippen LogP contribution is -2.48. The second-order valence-corrected chi connectivity index (χ2v) is 8.11. The minimum Gasteiger partial charge on any atom is -0.464 e. The Hall–Kier alpha value is -3.08. The molecule has 0 atom stereocenters. The number of aryl methyl sites for hydroxylation is 1. The normalized spacial score (nSPS) is 11.4. The SMILES string of the molecule is Cc1ccc2occ(CN(Cc3ccccc3)C(=O)NC(C)(C)C)c(=O)c2c1. The summed E-state index contributed by atoms with van der Waals surface area (Å²) in [6, 6.07) is 15.0. The van der Waals surface area contributed by atoms with Crippen LogP contribution in [-0.2, 0) is 13.1 Å². The molecular weight excluding hydrogens is 352 g/mol. The molecule has 0 saturated carbocycles. The van der Waals surface area contributed by atoms with Gasteiger partial charge in [0.1, 0.15) is 5.58 Å². The standard InChI is InChI=1S/C23H26N2O3/c1-16-10-11-20-19(12-16)21(26)18(15-28-20)14-25(22(27)24-23(2,3)4)13-17-8-6-5-7-9-17/h5-12,15H,13-14H2,1-4H3,(H,24,27). The van der Waals surface area contributed by atoms with Gasteiger partial charge in [-0.05, 0) is 45.4 Å². The van der Waals surface area contributed by atoms with E-state index in [0.29, 0.717) is 23.1 Å². The van der Waals surface area contributed by atoms with Gasteiger partial charge in [0.05, 0.1) is 23.8 Å². The molecule has 5 heteroatoms. The lowest BCUT2D eigenvalue weighted by atomic mass is 10.1. The van der Waals surface area contributed by atoms with Crippen molar-refractivity contribution in [3.63, 3.8) is 0 Å². The number of urea groups is 1. The first kappa shape index (κ1) is 19.7. The first-order valence-electron chi connectivity index (χ1n) is 9.35. The van der Waals surface area contributed by atoms with Crippen LogP contribution in [0, 0.1) is 6.92 Å². The molecule has 0 bridgehead atoms. The molecule has 1 heterocycles. The topological polar surface area (TPSA) is 62.6 Å². The van der Waals surface area contributed by atoms with Crippen LogP contribution >= 0.6 is 0 Å². The fraction of sp³-hybridized carbons (Fsp3) is 0.304. The average Bonchev–Trinajstić information content (AvgIpc) is 2.63. The highest BCUT2D eigenvalue weighted by Crippen LogP contribution is 2.16. The van der Waals surface area contributed by atoms with Crippen molar-refractivity contribution in [1.82, 2.24) is 10.2 Å². The number of hydrogen-bond donors (Lipinski definition) is 1. The maximum absolute atomic E-state index is 13.0. The molecular formula is C23H26N2O3. The van der Waals surface area contributed by atoms with E-state index in [4.69, 9.17) is 4.42 Å². The van der Waals surface area contributed by atoms with Crippen LogP contribution in [0.5, 0.6) is 0 Å². The number of nitrogens with one attached hydrogen (secondary N) is 1. The number of fused-ring (bicyclic) bond motifs is 1. The monoisotopic (exact) mass is 378 g/mol. The molecule has 146 valence electrons. The van der Waals surface area contributed by atoms with E-state index < -0.39 is 0 Å². The number of hydrogen-bond acceptors (Lipinski definition) is 3. The van der Waals surface area contributed by atoms with E-state index in [1.165, 1.54) is 6.26 Å². The molecule has 0 aliphatic heterocycles. The van der Waals surface area contributed by atoms with Crippen molar-refractivity contribution in [2.75, 3.05) is 0 Å². The van der Waals surface area contributed by atoms with Crippen LogP contribution in [-0.4, -0.2) is 16.5 Å². The van der Waals surface area contributed by atoms with Crippen LogP contribution in [0.25, 0.3) is 11.0 Å². The molecule has 0 radical (unpaired) electrons. The van der Waals surface area contributed by atoms with Crippen LogP contribution < -0.4 is 10.7 Å². The number of rotatable bonds is 4. The average molecular weight is 378 g/mol. The highest BCUT2D eigenvalue weighted by atomic mass is 16.3. The van der Waals surface area contributed by atoms with E-state index in [-0.39, 0.29) is 23.5 Å². The Morgan fingerprint density at radius 3 is 2.46 bits per heavy atom. The smallest absolute Gasteiger partial charge is 0.318 e. The van der Waals surface area contributed by atoms with Gasteiger partial charge in [0.2, 0.25) is 0 Å². The van der Waals surface area contributed by atoms with Gasteiger partial charge in [-0.15, -0.1) is 0 Å². The Kier molecular flexibility index (Phi) is 5.54. The second kappa shape index (κ2) is 7.89. The van der Waals surface area contributed by atoms with Crippen molar-refractivity contribution >= 4 is 17.0 Å². The molecule has 0 aliphatic carbocycles. The molecule has 1 N–H and O–H groups in total. The predicted octanol–water partition coefficient (Wildman–Crippen LogP) is 4.61. The van der Waals surface area contributed by atoms with Gasteiger partial charge in [-0.25, -0.2) is 4.79 Å². The molecule has 5 nitrogen and oxygen atoms in total. The fourth-order valence-electron chi connectivity index (χ4n) is 3.00. The zero-order valence-electron chi connectivity index (χ0n) is 16.8. The van der Waals surface area contributed by atoms with Crippen LogP contribution in [0.1, 0.15) is 37.5 Å². The van der Waals surface area contributed by atoms with Crippen LogP contribution in [0.2, 0.25) is 0 Å². The maximum atomic E-state index is 13.0. The summed E-state index contributed by atoms with van der Waals surface area (Å²) in [7, 11) is 0. The largest absolute Gasteiger partial charge is 0.464 e. The quantitative estimate of drug-likeness (QED) is 0.721. The summed E-state index contributed by atoms with van der Waals surface area (Å²) in [6.07, 6.45) is 1.46. The number of carbonyl (C=O) groups is 1. The first-order valence-corrected chi connectivity index (χ1v) is 9.35. The third kappa shape index (κ3) is 4.80. The highest BCUT2D eigenvalue weighted by Gasteiger charge is 2.21. The zero-order chi connectivity index (χ0) is 20.3. The van der Waals surface area contributed by atoms with Gasteiger partial charge < -0.3 is 14.6 Å². The van der Waals surface area contributed by atoms with E-state index >= 15 is 0 Å². The minimum absolute atomic E-state index is 0.105. The summed E-state index contributed by atoms with van der Waals surface area (Å²) >= 11 is 0. The van der Waals surface area contributed by atoms with E-state index in [1.807, 2.05) is 70.2 Å². The first-order chi connectivity index (χ1) is 13.2. The molecule has 1 aromatic heterocycles. The lowest BCUT2D eigenvalue weighted by molar-refractivity contribution is 0.182. The number of carbonyl (C=O) groups excluding carboxylic acids is 1. The van der Waals surface area contributed by atoms with E-state index in [2.05, 4.69) is 5.32 Å². The third-order valence-electron chi connectivity index (χ3n) is 4.35. The summed E-state index contributed by atoms with van der Waals surface area (Å²) in [6.45, 7) is 8.29. The van der Waals surface area contributed by atoms with Crippen molar-refractivity contribution < 1.29 is 9.21 Å². The van der Waals surface area contributed by atoms with Gasteiger partial charge in [-0.2, -0.15) is 0 Å². The van der Waals surface area contributed by atoms with Crippen molar-refractivity contribution in [2.45, 2.75) is 46.3 Å². The van der Waals surface area contributed by atoms with Gasteiger partial charge in [-0.1, -0.05) is 42.0 Å². The molecule has 2 amide bonds. The Morgan fingerprint density at radius 1 is 1.07 bits per heavy atom. The Morgan fingerprint density at radius 2 is 1.79 bits per heavy atom. The van der Waals surface area contributed by atoms with Crippen LogP contribution in [0.3, 0.4) is 0 Å². The van der Waals surface area contributed by atoms with Crippen molar-refractivity contribution in [3.05, 3.63) is 81.7 Å². The molecule has 3 aromatic rings. The molecule has 3 rings (SSSR count). The number of benzene rings is 2. The molecule has 0 saturated heterocycles. The van der Waals surface area contributed by atoms with Crippen LogP contribution in [0.4, 0.5) is 4.79 Å². The maximum Gasteiger partial charge on any atom is 0.318 e. The van der Waals surface area contributed by atoms with Crippen molar-refractivity contribution in [2.24, 2.45) is 0 Å². The van der Waals surface area contributed by atoms with Crippen molar-refractivity contribution in [1.29, 1.82) is 0 Å². The second-order valence-electron chi connectivity index (χ2n) is 8.11. The van der Waals surface area contributed by atoms with Gasteiger partial charge >= 0.3 is 6.03 Å². The van der Waals surface area contributed by atoms with Gasteiger partial charge in [0.15, 0.2) is 5.43 Å². The lowest BCUT2D eigenvalue weighted by Gasteiger charge is -2.28. The molecule has 0 spiro atoms. The highest BCUT2D eigenvalue weighted by molar-refractivity contribution is 5.78. The molecule has 0 unspecified atom stereocenters. The van der Waals surface area contributed by atoms with E-state index in [9.17, 15) is 9.59 Å². The molecule has 2 aromatic carbocycles. The fourth-order valence-corrected chi connectivity index (χ4v) is 3.00. The Bertz CT molecular complexity index is 1030. The Labute approximate surface area is 165 Å². The van der Waals surface area contributed by atoms with Gasteiger partial charge in [-0.3, -0.25) is 4.79 Å². The van der Waals surface area contributed by atoms with Crippen LogP contribution in [0.15, 0.2) is 64.0 Å². The summed E-state index contributed by atoms with van der Waals surface area (Å²) in [5.74, 6) is 0. The Balaban J connectivity index is 1.94. The zero-order valence-corrected chi connectivity index (χ0v) is 16.8. The molecule has 28 heavy (non-hydrogen) atoms. The van der Waals surface area contributed by atoms with E-state index in [1.54, 1.807) is 11.0 Å². The third-order valence-corrected chi connectivity index (χ3v) is 4.35. The van der Waals surface area contributed by atoms with Gasteiger partial charge in [0.25, 0.3) is 0 Å². The molecule has 0 fully saturated rings. The summed E-state index contributed by atoms with van der Waals surface area (Å²) in [5.41, 5.74) is 2.51. The van der Waals surface area contributed by atoms with Gasteiger partial charge in [0, 0.05) is 12.1 Å². The van der Waals surface area contributed by atoms with E-state index in [0.717, 1.165) is 11.1 Å². The summed E-state index contributed by atoms with van der Waals surface area (Å²) in [5, 5.41) is 3.52. The summed E-state index contributed by atoms with van der Waals surface area (Å²) in [4.78, 5) is 27.5.